The number of nitrogens with two attached hydrogens (primary N) is 1. The fourth-order valence-corrected chi connectivity index (χ4v) is 1.93. The number of hydrogen-bond donors (Lipinski definition) is 1. The Morgan fingerprint density at radius 1 is 1.35 bits per heavy atom. The molecule has 5 heteroatoms. The van der Waals surface area contributed by atoms with Gasteiger partial charge in [-0.2, -0.15) is 0 Å². The average molecular weight is 237 g/mol. The lowest BCUT2D eigenvalue weighted by molar-refractivity contribution is 0.196. The van der Waals surface area contributed by atoms with Gasteiger partial charge in [-0.1, -0.05) is 12.1 Å². The van der Waals surface area contributed by atoms with Gasteiger partial charge in [0.15, 0.2) is 0 Å². The third kappa shape index (κ3) is 2.55. The van der Waals surface area contributed by atoms with E-state index in [-0.39, 0.29) is 17.9 Å². The van der Waals surface area contributed by atoms with Gasteiger partial charge in [-0.15, -0.1) is 0 Å². The molecule has 1 aromatic rings. The highest BCUT2D eigenvalue weighted by atomic mass is 19.1. The third-order valence-corrected chi connectivity index (χ3v) is 3.02. The van der Waals surface area contributed by atoms with Crippen molar-refractivity contribution in [1.82, 2.24) is 9.80 Å². The van der Waals surface area contributed by atoms with Crippen LogP contribution < -0.4 is 5.73 Å². The van der Waals surface area contributed by atoms with Crippen LogP contribution in [0.4, 0.5) is 9.18 Å². The normalized spacial score (nSPS) is 17.7. The molecule has 1 aliphatic rings. The summed E-state index contributed by atoms with van der Waals surface area (Å²) in [6, 6.07) is 5.81. The molecule has 1 unspecified atom stereocenters. The Bertz CT molecular complexity index is 407. The lowest BCUT2D eigenvalue weighted by Gasteiger charge is -2.20. The van der Waals surface area contributed by atoms with Crippen LogP contribution in [0.15, 0.2) is 24.3 Å². The summed E-state index contributed by atoms with van der Waals surface area (Å²) in [6.07, 6.45) is 0. The number of nitrogens with zero attached hydrogens (tertiary/aromatic N) is 2. The SMILES string of the molecule is CN1CCN(CC(N)c2ccc(F)cc2)C1=O. The summed E-state index contributed by atoms with van der Waals surface area (Å²) in [6.45, 7) is 1.90. The van der Waals surface area contributed by atoms with Crippen molar-refractivity contribution >= 4 is 6.03 Å². The molecule has 0 radical (unpaired) electrons. The van der Waals surface area contributed by atoms with Gasteiger partial charge in [-0.3, -0.25) is 0 Å². The van der Waals surface area contributed by atoms with E-state index in [1.165, 1.54) is 12.1 Å². The van der Waals surface area contributed by atoms with Gasteiger partial charge in [0, 0.05) is 32.7 Å². The molecule has 0 aliphatic carbocycles. The number of carbonyl (C=O) groups excluding carboxylic acids is 1. The zero-order chi connectivity index (χ0) is 12.4. The molecule has 4 nitrogen and oxygen atoms in total. The molecule has 92 valence electrons. The first-order valence-electron chi connectivity index (χ1n) is 5.59. The molecular formula is C12H16FN3O. The van der Waals surface area contributed by atoms with Gasteiger partial charge in [-0.25, -0.2) is 9.18 Å². The first-order valence-corrected chi connectivity index (χ1v) is 5.59. The topological polar surface area (TPSA) is 49.6 Å². The minimum Gasteiger partial charge on any atom is -0.326 e. The summed E-state index contributed by atoms with van der Waals surface area (Å²) >= 11 is 0. The zero-order valence-corrected chi connectivity index (χ0v) is 9.77. The van der Waals surface area contributed by atoms with E-state index in [1.54, 1.807) is 29.0 Å². The van der Waals surface area contributed by atoms with E-state index in [9.17, 15) is 9.18 Å². The molecule has 0 bridgehead atoms. The maximum absolute atomic E-state index is 12.8. The number of likely N-dealkylation sites (N-methyl/N-ethyl adjacent to an activating group) is 1. The Morgan fingerprint density at radius 2 is 2.00 bits per heavy atom. The quantitative estimate of drug-likeness (QED) is 0.858. The Morgan fingerprint density at radius 3 is 2.53 bits per heavy atom. The van der Waals surface area contributed by atoms with Crippen molar-refractivity contribution in [3.8, 4) is 0 Å². The molecule has 2 N–H and O–H groups in total. The van der Waals surface area contributed by atoms with Crippen molar-refractivity contribution in [3.05, 3.63) is 35.6 Å². The molecule has 1 aliphatic heterocycles. The van der Waals surface area contributed by atoms with Gasteiger partial charge in [-0.05, 0) is 17.7 Å². The number of carbonyl (C=O) groups is 1. The molecule has 17 heavy (non-hydrogen) atoms. The molecule has 2 rings (SSSR count). The second-order valence-electron chi connectivity index (χ2n) is 4.31. The molecule has 0 saturated carbocycles. The molecule has 0 aromatic heterocycles. The second kappa shape index (κ2) is 4.71. The molecule has 1 heterocycles. The standard InChI is InChI=1S/C12H16FN3O/c1-15-6-7-16(12(15)17)8-11(14)9-2-4-10(13)5-3-9/h2-5,11H,6-8,14H2,1H3. The summed E-state index contributed by atoms with van der Waals surface area (Å²) in [4.78, 5) is 15.0. The number of hydrogen-bond acceptors (Lipinski definition) is 2. The number of halogens is 1. The fraction of sp³-hybridized carbons (Fsp3) is 0.417. The largest absolute Gasteiger partial charge is 0.326 e. The highest BCUT2D eigenvalue weighted by Crippen LogP contribution is 2.15. The molecular weight excluding hydrogens is 221 g/mol. The molecule has 1 saturated heterocycles. The summed E-state index contributed by atoms with van der Waals surface area (Å²) in [7, 11) is 1.77. The minimum absolute atomic E-state index is 0.00237. The number of rotatable bonds is 3. The van der Waals surface area contributed by atoms with E-state index in [1.807, 2.05) is 0 Å². The van der Waals surface area contributed by atoms with Crippen LogP contribution in [0.3, 0.4) is 0 Å². The van der Waals surface area contributed by atoms with Gasteiger partial charge in [0.05, 0.1) is 0 Å². The molecule has 1 atom stereocenters. The average Bonchev–Trinajstić information content (AvgIpc) is 2.62. The minimum atomic E-state index is -0.280. The van der Waals surface area contributed by atoms with Crippen molar-refractivity contribution in [3.63, 3.8) is 0 Å². The second-order valence-corrected chi connectivity index (χ2v) is 4.31. The van der Waals surface area contributed by atoms with E-state index in [0.29, 0.717) is 13.1 Å². The van der Waals surface area contributed by atoms with E-state index in [0.717, 1.165) is 12.1 Å². The van der Waals surface area contributed by atoms with Crippen molar-refractivity contribution in [2.45, 2.75) is 6.04 Å². The van der Waals surface area contributed by atoms with Crippen LogP contribution in [-0.4, -0.2) is 42.5 Å². The predicted molar refractivity (Wildman–Crippen MR) is 62.9 cm³/mol. The van der Waals surface area contributed by atoms with E-state index in [2.05, 4.69) is 0 Å². The molecule has 1 aromatic carbocycles. The fourth-order valence-electron chi connectivity index (χ4n) is 1.93. The van der Waals surface area contributed by atoms with Crippen LogP contribution in [0, 0.1) is 5.82 Å². The monoisotopic (exact) mass is 237 g/mol. The van der Waals surface area contributed by atoms with E-state index >= 15 is 0 Å². The highest BCUT2D eigenvalue weighted by molar-refractivity contribution is 5.76. The zero-order valence-electron chi connectivity index (χ0n) is 9.77. The van der Waals surface area contributed by atoms with Gasteiger partial charge >= 0.3 is 6.03 Å². The van der Waals surface area contributed by atoms with Gasteiger partial charge < -0.3 is 15.5 Å². The third-order valence-electron chi connectivity index (χ3n) is 3.02. The molecule has 2 amide bonds. The lowest BCUT2D eigenvalue weighted by atomic mass is 10.1. The number of benzene rings is 1. The first kappa shape index (κ1) is 11.9. The summed E-state index contributed by atoms with van der Waals surface area (Å²) < 4.78 is 12.8. The lowest BCUT2D eigenvalue weighted by Crippen LogP contribution is -2.35. The Balaban J connectivity index is 1.99. The predicted octanol–water partition coefficient (Wildman–Crippen LogP) is 1.19. The van der Waals surface area contributed by atoms with Crippen LogP contribution in [0.25, 0.3) is 0 Å². The summed E-state index contributed by atoms with van der Waals surface area (Å²) in [5.74, 6) is -0.280. The maximum atomic E-state index is 12.8. The number of urea groups is 1. The van der Waals surface area contributed by atoms with Crippen molar-refractivity contribution in [2.75, 3.05) is 26.7 Å². The van der Waals surface area contributed by atoms with Crippen molar-refractivity contribution in [1.29, 1.82) is 0 Å². The Labute approximate surface area is 99.8 Å². The van der Waals surface area contributed by atoms with Crippen molar-refractivity contribution in [2.24, 2.45) is 5.73 Å². The van der Waals surface area contributed by atoms with Crippen LogP contribution in [-0.2, 0) is 0 Å². The maximum Gasteiger partial charge on any atom is 0.319 e. The molecule has 0 spiro atoms. The van der Waals surface area contributed by atoms with Crippen LogP contribution in [0.1, 0.15) is 11.6 Å². The van der Waals surface area contributed by atoms with E-state index in [4.69, 9.17) is 5.73 Å². The van der Waals surface area contributed by atoms with Gasteiger partial charge in [0.2, 0.25) is 0 Å². The number of amides is 2. The van der Waals surface area contributed by atoms with Crippen molar-refractivity contribution < 1.29 is 9.18 Å². The first-order chi connectivity index (χ1) is 8.08. The smallest absolute Gasteiger partial charge is 0.319 e. The van der Waals surface area contributed by atoms with Gasteiger partial charge in [0.1, 0.15) is 5.82 Å². The Kier molecular flexibility index (Phi) is 3.28. The summed E-state index contributed by atoms with van der Waals surface area (Å²) in [5, 5.41) is 0. The van der Waals surface area contributed by atoms with Crippen LogP contribution in [0.5, 0.6) is 0 Å². The van der Waals surface area contributed by atoms with Crippen LogP contribution >= 0.6 is 0 Å². The highest BCUT2D eigenvalue weighted by Gasteiger charge is 2.26. The van der Waals surface area contributed by atoms with Crippen LogP contribution in [0.2, 0.25) is 0 Å². The molecule has 1 fully saturated rings. The summed E-state index contributed by atoms with van der Waals surface area (Å²) in [5.41, 5.74) is 6.84. The van der Waals surface area contributed by atoms with E-state index < -0.39 is 0 Å². The van der Waals surface area contributed by atoms with Gasteiger partial charge in [0.25, 0.3) is 0 Å². The Hall–Kier alpha value is -1.62.